The number of nitrogens with zero attached hydrogens (tertiary/aromatic N) is 1. The number of hydrogen-bond acceptors (Lipinski definition) is 7. The molecule has 0 aromatic heterocycles. The van der Waals surface area contributed by atoms with E-state index in [1.807, 2.05) is 27.2 Å². The minimum Gasteiger partial charge on any atom is -0.462 e. The predicted molar refractivity (Wildman–Crippen MR) is 220 cm³/mol. The summed E-state index contributed by atoms with van der Waals surface area (Å²) in [7, 11) is 1.47. The van der Waals surface area contributed by atoms with Crippen molar-refractivity contribution in [3.63, 3.8) is 0 Å². The summed E-state index contributed by atoms with van der Waals surface area (Å²) in [5, 5.41) is 0. The Kier molecular flexibility index (Phi) is 35.5. The van der Waals surface area contributed by atoms with Gasteiger partial charge in [0.05, 0.1) is 27.7 Å². The number of unbranched alkanes of at least 4 members (excludes halogenated alkanes) is 24. The van der Waals surface area contributed by atoms with E-state index in [1.165, 1.54) is 135 Å². The zero-order chi connectivity index (χ0) is 39.3. The van der Waals surface area contributed by atoms with Crippen molar-refractivity contribution in [3.8, 4) is 0 Å². The number of rotatable bonds is 40. The number of quaternary nitrogens is 1. The Morgan fingerprint density at radius 2 is 1.00 bits per heavy atom. The largest absolute Gasteiger partial charge is 0.472 e. The second kappa shape index (κ2) is 36.4. The molecule has 2 atom stereocenters. The van der Waals surface area contributed by atoms with Crippen LogP contribution in [0.15, 0.2) is 12.2 Å². The first-order valence-corrected chi connectivity index (χ1v) is 23.4. The summed E-state index contributed by atoms with van der Waals surface area (Å²) in [6, 6.07) is 0. The van der Waals surface area contributed by atoms with Crippen LogP contribution in [0.2, 0.25) is 0 Å². The van der Waals surface area contributed by atoms with E-state index < -0.39 is 26.5 Å². The zero-order valence-electron chi connectivity index (χ0n) is 35.3. The van der Waals surface area contributed by atoms with Gasteiger partial charge in [-0.05, 0) is 25.7 Å². The van der Waals surface area contributed by atoms with E-state index in [1.54, 1.807) is 0 Å². The molecule has 0 aliphatic rings. The Labute approximate surface area is 326 Å². The van der Waals surface area contributed by atoms with Crippen LogP contribution in [-0.4, -0.2) is 74.9 Å². The average molecular weight is 775 g/mol. The van der Waals surface area contributed by atoms with Crippen LogP contribution in [0.3, 0.4) is 0 Å². The number of carbonyl (C=O) groups excluding carboxylic acids is 2. The number of phosphoric ester groups is 1. The number of phosphoric acid groups is 1. The first-order valence-electron chi connectivity index (χ1n) is 21.9. The van der Waals surface area contributed by atoms with Gasteiger partial charge in [0.1, 0.15) is 19.8 Å². The second-order valence-corrected chi connectivity index (χ2v) is 17.5. The Bertz CT molecular complexity index is 922. The molecule has 0 rings (SSSR count). The molecule has 10 heteroatoms. The number of likely N-dealkylation sites (N-methyl/N-ethyl adjacent to an activating group) is 1. The van der Waals surface area contributed by atoms with Crippen LogP contribution in [-0.2, 0) is 32.7 Å². The molecule has 0 spiro atoms. The Hall–Kier alpha value is -1.25. The second-order valence-electron chi connectivity index (χ2n) is 16.1. The Balaban J connectivity index is 4.38. The monoisotopic (exact) mass is 775 g/mol. The van der Waals surface area contributed by atoms with Gasteiger partial charge in [-0.3, -0.25) is 18.6 Å². The third-order valence-corrected chi connectivity index (χ3v) is 10.5. The lowest BCUT2D eigenvalue weighted by atomic mass is 10.0. The van der Waals surface area contributed by atoms with Gasteiger partial charge >= 0.3 is 19.8 Å². The van der Waals surface area contributed by atoms with Gasteiger partial charge in [0.2, 0.25) is 0 Å². The average Bonchev–Trinajstić information content (AvgIpc) is 3.10. The van der Waals surface area contributed by atoms with Crippen molar-refractivity contribution in [2.45, 2.75) is 206 Å². The Morgan fingerprint density at radius 1 is 0.566 bits per heavy atom. The summed E-state index contributed by atoms with van der Waals surface area (Å²) in [4.78, 5) is 35.3. The third-order valence-electron chi connectivity index (χ3n) is 9.56. The molecule has 0 bridgehead atoms. The van der Waals surface area contributed by atoms with E-state index in [4.69, 9.17) is 18.5 Å². The number of ether oxygens (including phenoxy) is 2. The molecule has 0 aliphatic carbocycles. The van der Waals surface area contributed by atoms with Gasteiger partial charge in [-0.2, -0.15) is 0 Å². The molecule has 0 aromatic rings. The minimum atomic E-state index is -4.37. The number of carbonyl (C=O) groups is 2. The van der Waals surface area contributed by atoms with Crippen molar-refractivity contribution in [2.24, 2.45) is 0 Å². The molecular weight excluding hydrogens is 689 g/mol. The molecule has 9 nitrogen and oxygen atoms in total. The van der Waals surface area contributed by atoms with Gasteiger partial charge in [0.15, 0.2) is 6.10 Å². The maximum absolute atomic E-state index is 12.6. The molecule has 0 saturated carbocycles. The van der Waals surface area contributed by atoms with Crippen LogP contribution in [0.4, 0.5) is 0 Å². The van der Waals surface area contributed by atoms with Crippen molar-refractivity contribution >= 4 is 19.8 Å². The normalized spacial score (nSPS) is 13.7. The van der Waals surface area contributed by atoms with Gasteiger partial charge in [-0.15, -0.1) is 0 Å². The topological polar surface area (TPSA) is 108 Å². The molecule has 0 aromatic carbocycles. The van der Waals surface area contributed by atoms with Gasteiger partial charge in [-0.1, -0.05) is 174 Å². The highest BCUT2D eigenvalue weighted by Gasteiger charge is 2.27. The number of allylic oxidation sites excluding steroid dienone is 2. The predicted octanol–water partition coefficient (Wildman–Crippen LogP) is 12.2. The molecule has 0 amide bonds. The smallest absolute Gasteiger partial charge is 0.462 e. The molecule has 0 radical (unpaired) electrons. The maximum Gasteiger partial charge on any atom is 0.472 e. The molecule has 314 valence electrons. The lowest BCUT2D eigenvalue weighted by Gasteiger charge is -2.24. The zero-order valence-corrected chi connectivity index (χ0v) is 36.2. The molecule has 2 unspecified atom stereocenters. The van der Waals surface area contributed by atoms with Crippen LogP contribution in [0.25, 0.3) is 0 Å². The summed E-state index contributed by atoms with van der Waals surface area (Å²) < 4.78 is 34.2. The first kappa shape index (κ1) is 51.8. The van der Waals surface area contributed by atoms with E-state index in [2.05, 4.69) is 19.9 Å². The first-order chi connectivity index (χ1) is 25.5. The van der Waals surface area contributed by atoms with Crippen LogP contribution in [0.1, 0.15) is 200 Å². The van der Waals surface area contributed by atoms with Crippen LogP contribution in [0, 0.1) is 0 Å². The van der Waals surface area contributed by atoms with E-state index in [-0.39, 0.29) is 32.0 Å². The summed E-state index contributed by atoms with van der Waals surface area (Å²) in [6.07, 6.45) is 37.0. The fourth-order valence-corrected chi connectivity index (χ4v) is 6.83. The van der Waals surface area contributed by atoms with E-state index >= 15 is 0 Å². The van der Waals surface area contributed by atoms with Crippen molar-refractivity contribution in [1.29, 1.82) is 0 Å². The number of esters is 2. The standard InChI is InChI=1S/C43H84NO8P/c1-6-8-10-12-14-16-18-20-21-22-24-26-28-30-32-34-36-43(46)52-41(40-51-53(47,48)50-38-37-44(3,4)5)39-49-42(45)35-33-31-29-27-25-23-19-17-15-13-11-9-7-2/h30,32,41H,6-29,31,33-40H2,1-5H3/p+1/b32-30-. The van der Waals surface area contributed by atoms with Crippen LogP contribution < -0.4 is 0 Å². The summed E-state index contributed by atoms with van der Waals surface area (Å²) in [5.41, 5.74) is 0. The van der Waals surface area contributed by atoms with Gasteiger partial charge in [0, 0.05) is 12.8 Å². The van der Waals surface area contributed by atoms with Crippen LogP contribution in [0.5, 0.6) is 0 Å². The van der Waals surface area contributed by atoms with E-state index in [9.17, 15) is 19.0 Å². The fraction of sp³-hybridized carbons (Fsp3) is 0.907. The van der Waals surface area contributed by atoms with E-state index in [0.717, 1.165) is 32.1 Å². The number of hydrogen-bond donors (Lipinski definition) is 1. The summed E-state index contributed by atoms with van der Waals surface area (Å²) in [6.45, 7) is 4.40. The molecule has 53 heavy (non-hydrogen) atoms. The van der Waals surface area contributed by atoms with E-state index in [0.29, 0.717) is 17.4 Å². The molecule has 0 saturated heterocycles. The third kappa shape index (κ3) is 40.2. The van der Waals surface area contributed by atoms with Crippen molar-refractivity contribution in [2.75, 3.05) is 47.5 Å². The minimum absolute atomic E-state index is 0.0292. The highest BCUT2D eigenvalue weighted by molar-refractivity contribution is 7.47. The molecule has 0 heterocycles. The van der Waals surface area contributed by atoms with Gasteiger partial charge < -0.3 is 18.9 Å². The van der Waals surface area contributed by atoms with Crippen molar-refractivity contribution in [3.05, 3.63) is 12.2 Å². The fourth-order valence-electron chi connectivity index (χ4n) is 6.09. The molecule has 0 aliphatic heterocycles. The lowest BCUT2D eigenvalue weighted by Crippen LogP contribution is -2.37. The lowest BCUT2D eigenvalue weighted by molar-refractivity contribution is -0.870. The van der Waals surface area contributed by atoms with Gasteiger partial charge in [0.25, 0.3) is 0 Å². The van der Waals surface area contributed by atoms with Crippen LogP contribution >= 0.6 is 7.82 Å². The van der Waals surface area contributed by atoms with Crippen molar-refractivity contribution < 1.29 is 42.1 Å². The highest BCUT2D eigenvalue weighted by atomic mass is 31.2. The molecular formula is C43H85NO8P+. The summed E-state index contributed by atoms with van der Waals surface area (Å²) >= 11 is 0. The quantitative estimate of drug-likeness (QED) is 0.0215. The SMILES string of the molecule is CCCCCCCCCCCCCC/C=C\CCC(=O)OC(COC(=O)CCCCCCCCCCCCCCC)COP(=O)(O)OCC[N+](C)(C)C. The van der Waals surface area contributed by atoms with Gasteiger partial charge in [-0.25, -0.2) is 4.57 Å². The summed E-state index contributed by atoms with van der Waals surface area (Å²) in [5.74, 6) is -0.846. The maximum atomic E-state index is 12.6. The molecule has 1 N–H and O–H groups in total. The van der Waals surface area contributed by atoms with Crippen molar-refractivity contribution in [1.82, 2.24) is 0 Å². The molecule has 0 fully saturated rings. The highest BCUT2D eigenvalue weighted by Crippen LogP contribution is 2.43. The Morgan fingerprint density at radius 3 is 1.47 bits per heavy atom.